The Labute approximate surface area is 358 Å². The third-order valence-corrected chi connectivity index (χ3v) is 10.6. The second-order valence-corrected chi connectivity index (χ2v) is 16.3. The third kappa shape index (κ3) is 44.5. The summed E-state index contributed by atoms with van der Waals surface area (Å²) in [6.07, 6.45) is 55.2. The monoisotopic (exact) mass is 813 g/mol. The van der Waals surface area contributed by atoms with Gasteiger partial charge in [-0.1, -0.05) is 204 Å². The van der Waals surface area contributed by atoms with Gasteiger partial charge in [0.1, 0.15) is 13.2 Å². The van der Waals surface area contributed by atoms with Gasteiger partial charge in [0, 0.05) is 19.3 Å². The average Bonchev–Trinajstić information content (AvgIpc) is 3.22. The lowest BCUT2D eigenvalue weighted by molar-refractivity contribution is -0.167. The average molecular weight is 813 g/mol. The number of ether oxygens (including phenoxy) is 3. The summed E-state index contributed by atoms with van der Waals surface area (Å²) in [6, 6.07) is 0. The molecule has 0 saturated heterocycles. The Hall–Kier alpha value is -2.63. The Kier molecular flexibility index (Phi) is 44.9. The first-order valence-corrected chi connectivity index (χ1v) is 24.6. The van der Waals surface area contributed by atoms with Crippen molar-refractivity contribution in [2.45, 2.75) is 252 Å². The van der Waals surface area contributed by atoms with Crippen molar-refractivity contribution in [2.75, 3.05) is 13.2 Å². The maximum atomic E-state index is 12.8. The second kappa shape index (κ2) is 47.1. The summed E-state index contributed by atoms with van der Waals surface area (Å²) in [4.78, 5) is 37.9. The minimum atomic E-state index is -0.776. The fourth-order valence-electron chi connectivity index (χ4n) is 6.93. The van der Waals surface area contributed by atoms with Gasteiger partial charge >= 0.3 is 17.9 Å². The van der Waals surface area contributed by atoms with Gasteiger partial charge in [-0.2, -0.15) is 0 Å². The summed E-state index contributed by atoms with van der Waals surface area (Å²) in [5.74, 6) is -0.890. The van der Waals surface area contributed by atoms with E-state index in [4.69, 9.17) is 14.2 Å². The van der Waals surface area contributed by atoms with Crippen LogP contribution in [0.25, 0.3) is 0 Å². The van der Waals surface area contributed by atoms with E-state index in [1.165, 1.54) is 109 Å². The predicted octanol–water partition coefficient (Wildman–Crippen LogP) is 15.9. The van der Waals surface area contributed by atoms with Crippen molar-refractivity contribution in [3.8, 4) is 0 Å². The molecule has 0 aliphatic rings. The normalized spacial score (nSPS) is 12.4. The zero-order valence-electron chi connectivity index (χ0n) is 38.3. The number of rotatable bonds is 44. The molecule has 0 aromatic rings. The maximum Gasteiger partial charge on any atom is 0.306 e. The Morgan fingerprint density at radius 1 is 0.362 bits per heavy atom. The molecule has 0 bridgehead atoms. The van der Waals surface area contributed by atoms with Crippen LogP contribution in [0.15, 0.2) is 48.6 Å². The van der Waals surface area contributed by atoms with Crippen molar-refractivity contribution in [3.63, 3.8) is 0 Å². The van der Waals surface area contributed by atoms with Gasteiger partial charge in [-0.05, 0) is 70.6 Å². The number of carbonyl (C=O) groups excluding carboxylic acids is 3. The smallest absolute Gasteiger partial charge is 0.306 e. The minimum Gasteiger partial charge on any atom is -0.462 e. The Morgan fingerprint density at radius 3 is 1.03 bits per heavy atom. The molecular weight excluding hydrogens is 721 g/mol. The molecule has 0 aliphatic carbocycles. The minimum absolute atomic E-state index is 0.0769. The highest BCUT2D eigenvalue weighted by molar-refractivity contribution is 5.71. The van der Waals surface area contributed by atoms with Crippen molar-refractivity contribution in [3.05, 3.63) is 48.6 Å². The molecule has 1 atom stereocenters. The van der Waals surface area contributed by atoms with Crippen molar-refractivity contribution < 1.29 is 28.6 Å². The summed E-state index contributed by atoms with van der Waals surface area (Å²) in [5, 5.41) is 0. The Bertz CT molecular complexity index is 1030. The molecular formula is C52H92O6. The molecule has 1 unspecified atom stereocenters. The summed E-state index contributed by atoms with van der Waals surface area (Å²) in [7, 11) is 0. The molecule has 6 heteroatoms. The maximum absolute atomic E-state index is 12.8. The fraction of sp³-hybridized carbons (Fsp3) is 0.788. The van der Waals surface area contributed by atoms with E-state index in [1.807, 2.05) is 0 Å². The lowest BCUT2D eigenvalue weighted by Gasteiger charge is -2.18. The first-order valence-electron chi connectivity index (χ1n) is 24.6. The van der Waals surface area contributed by atoms with Crippen LogP contribution < -0.4 is 0 Å². The van der Waals surface area contributed by atoms with E-state index in [9.17, 15) is 14.4 Å². The number of allylic oxidation sites excluding steroid dienone is 8. The van der Waals surface area contributed by atoms with E-state index in [1.54, 1.807) is 0 Å². The van der Waals surface area contributed by atoms with Gasteiger partial charge in [0.2, 0.25) is 0 Å². The highest BCUT2D eigenvalue weighted by Crippen LogP contribution is 2.15. The van der Waals surface area contributed by atoms with E-state index >= 15 is 0 Å². The van der Waals surface area contributed by atoms with Crippen LogP contribution in [-0.4, -0.2) is 37.2 Å². The molecule has 0 amide bonds. The van der Waals surface area contributed by atoms with Gasteiger partial charge in [0.25, 0.3) is 0 Å². The molecule has 336 valence electrons. The largest absolute Gasteiger partial charge is 0.462 e. The quantitative estimate of drug-likeness (QED) is 0.0264. The SMILES string of the molecule is CC/C=C\C/C=C\CCCCCCCCCC(=O)OCC(COC(=O)CCCCCCCCCCCCCC)OC(=O)CCCCCCCCC/C=C\C/C=C\CC. The highest BCUT2D eigenvalue weighted by Gasteiger charge is 2.19. The second-order valence-electron chi connectivity index (χ2n) is 16.3. The molecule has 0 aromatic carbocycles. The first kappa shape index (κ1) is 55.4. The van der Waals surface area contributed by atoms with E-state index < -0.39 is 6.10 Å². The molecule has 0 N–H and O–H groups in total. The molecule has 0 aliphatic heterocycles. The van der Waals surface area contributed by atoms with E-state index in [0.717, 1.165) is 96.3 Å². The van der Waals surface area contributed by atoms with Crippen LogP contribution in [0.1, 0.15) is 245 Å². The number of hydrogen-bond acceptors (Lipinski definition) is 6. The predicted molar refractivity (Wildman–Crippen MR) is 247 cm³/mol. The summed E-state index contributed by atoms with van der Waals surface area (Å²) < 4.78 is 16.8. The standard InChI is InChI=1S/C52H92O6/c1-4-7-10-13-16-19-22-25-27-30-33-36-39-42-45-51(54)57-48-49(47-56-50(53)44-41-38-35-32-29-24-21-18-15-12-9-6-3)58-52(55)46-43-40-37-34-31-28-26-23-20-17-14-11-8-5-2/h7-8,10-11,16-17,19-20,49H,4-6,9,12-15,18,21-48H2,1-3H3/b10-7-,11-8-,19-16-,20-17-. The first-order chi connectivity index (χ1) is 28.5. The lowest BCUT2D eigenvalue weighted by Crippen LogP contribution is -2.30. The van der Waals surface area contributed by atoms with Crippen LogP contribution in [0.5, 0.6) is 0 Å². The Balaban J connectivity index is 4.38. The number of hydrogen-bond donors (Lipinski definition) is 0. The summed E-state index contributed by atoms with van der Waals surface area (Å²) in [6.45, 7) is 6.42. The van der Waals surface area contributed by atoms with Crippen LogP contribution in [0.2, 0.25) is 0 Å². The van der Waals surface area contributed by atoms with Gasteiger partial charge in [0.15, 0.2) is 6.10 Å². The topological polar surface area (TPSA) is 78.9 Å². The van der Waals surface area contributed by atoms with Crippen molar-refractivity contribution in [2.24, 2.45) is 0 Å². The molecule has 0 heterocycles. The van der Waals surface area contributed by atoms with Crippen LogP contribution >= 0.6 is 0 Å². The van der Waals surface area contributed by atoms with Crippen molar-refractivity contribution in [1.29, 1.82) is 0 Å². The third-order valence-electron chi connectivity index (χ3n) is 10.6. The highest BCUT2D eigenvalue weighted by atomic mass is 16.6. The summed E-state index contributed by atoms with van der Waals surface area (Å²) >= 11 is 0. The molecule has 0 fully saturated rings. The van der Waals surface area contributed by atoms with Gasteiger partial charge in [0.05, 0.1) is 0 Å². The molecule has 58 heavy (non-hydrogen) atoms. The van der Waals surface area contributed by atoms with Gasteiger partial charge < -0.3 is 14.2 Å². The van der Waals surface area contributed by atoms with E-state index in [-0.39, 0.29) is 31.1 Å². The van der Waals surface area contributed by atoms with Crippen LogP contribution in [0.4, 0.5) is 0 Å². The van der Waals surface area contributed by atoms with Crippen LogP contribution in [-0.2, 0) is 28.6 Å². The van der Waals surface area contributed by atoms with Crippen LogP contribution in [0.3, 0.4) is 0 Å². The molecule has 0 spiro atoms. The number of unbranched alkanes of at least 4 members (excludes halogenated alkanes) is 25. The Morgan fingerprint density at radius 2 is 0.672 bits per heavy atom. The summed E-state index contributed by atoms with van der Waals surface area (Å²) in [5.41, 5.74) is 0. The van der Waals surface area contributed by atoms with Crippen LogP contribution in [0, 0.1) is 0 Å². The zero-order chi connectivity index (χ0) is 42.3. The van der Waals surface area contributed by atoms with Gasteiger partial charge in [-0.25, -0.2) is 0 Å². The molecule has 0 rings (SSSR count). The molecule has 0 saturated carbocycles. The van der Waals surface area contributed by atoms with Gasteiger partial charge in [-0.15, -0.1) is 0 Å². The van der Waals surface area contributed by atoms with Gasteiger partial charge in [-0.3, -0.25) is 14.4 Å². The van der Waals surface area contributed by atoms with Crippen molar-refractivity contribution in [1.82, 2.24) is 0 Å². The molecule has 6 nitrogen and oxygen atoms in total. The molecule has 0 radical (unpaired) electrons. The molecule has 0 aromatic heterocycles. The van der Waals surface area contributed by atoms with E-state index in [2.05, 4.69) is 69.4 Å². The number of carbonyl (C=O) groups is 3. The van der Waals surface area contributed by atoms with Crippen molar-refractivity contribution >= 4 is 17.9 Å². The lowest BCUT2D eigenvalue weighted by atomic mass is 10.0. The van der Waals surface area contributed by atoms with E-state index in [0.29, 0.717) is 19.3 Å². The zero-order valence-corrected chi connectivity index (χ0v) is 38.3. The fourth-order valence-corrected chi connectivity index (χ4v) is 6.93. The number of esters is 3.